The monoisotopic (exact) mass is 541 g/mol. The number of nitrogens with one attached hydrogen (secondary N) is 2. The van der Waals surface area contributed by atoms with E-state index in [1.807, 2.05) is 26.8 Å². The zero-order valence-electron chi connectivity index (χ0n) is 17.6. The van der Waals surface area contributed by atoms with Crippen LogP contribution in [0.25, 0.3) is 0 Å². The van der Waals surface area contributed by atoms with Crippen molar-refractivity contribution >= 4 is 39.8 Å². The summed E-state index contributed by atoms with van der Waals surface area (Å²) >= 11 is 0. The fraction of sp³-hybridized carbons (Fsp3) is 0.650. The predicted molar refractivity (Wildman–Crippen MR) is 126 cm³/mol. The van der Waals surface area contributed by atoms with Crippen LogP contribution < -0.4 is 10.6 Å². The molecule has 2 N–H and O–H groups in total. The first-order valence-electron chi connectivity index (χ1n) is 9.65. The highest BCUT2D eigenvalue weighted by Gasteiger charge is 2.42. The molecule has 1 aliphatic heterocycles. The topological polar surface area (TPSA) is 79.8 Å². The molecular formula is C20H33FIN3O3S. The van der Waals surface area contributed by atoms with Crippen molar-refractivity contribution in [1.82, 2.24) is 10.6 Å². The summed E-state index contributed by atoms with van der Waals surface area (Å²) in [6.45, 7) is 8.21. The second kappa shape index (κ2) is 10.9. The summed E-state index contributed by atoms with van der Waals surface area (Å²) in [6, 6.07) is 6.53. The van der Waals surface area contributed by atoms with Gasteiger partial charge < -0.3 is 15.4 Å². The van der Waals surface area contributed by atoms with Gasteiger partial charge in [-0.2, -0.15) is 0 Å². The summed E-state index contributed by atoms with van der Waals surface area (Å²) in [4.78, 5) is 4.63. The lowest BCUT2D eigenvalue weighted by Gasteiger charge is -2.36. The maximum absolute atomic E-state index is 13.6. The molecule has 6 nitrogen and oxygen atoms in total. The summed E-state index contributed by atoms with van der Waals surface area (Å²) < 4.78 is 42.9. The average Bonchev–Trinajstić information content (AvgIpc) is 2.64. The van der Waals surface area contributed by atoms with Crippen LogP contribution >= 0.6 is 24.0 Å². The highest BCUT2D eigenvalue weighted by molar-refractivity contribution is 14.0. The Morgan fingerprint density at radius 1 is 1.28 bits per heavy atom. The van der Waals surface area contributed by atoms with Crippen molar-refractivity contribution in [3.05, 3.63) is 35.6 Å². The van der Waals surface area contributed by atoms with E-state index in [4.69, 9.17) is 4.74 Å². The maximum atomic E-state index is 13.6. The first-order chi connectivity index (χ1) is 13.1. The third-order valence-electron chi connectivity index (χ3n) is 5.35. The van der Waals surface area contributed by atoms with E-state index in [2.05, 4.69) is 15.6 Å². The number of aliphatic imine (C=N–C) groups is 1. The Morgan fingerprint density at radius 3 is 2.48 bits per heavy atom. The van der Waals surface area contributed by atoms with Gasteiger partial charge in [-0.1, -0.05) is 26.0 Å². The van der Waals surface area contributed by atoms with E-state index in [0.29, 0.717) is 45.1 Å². The Labute approximate surface area is 191 Å². The van der Waals surface area contributed by atoms with E-state index in [-0.39, 0.29) is 41.8 Å². The molecular weight excluding hydrogens is 508 g/mol. The zero-order valence-corrected chi connectivity index (χ0v) is 20.8. The minimum absolute atomic E-state index is 0. The quantitative estimate of drug-likeness (QED) is 0.316. The van der Waals surface area contributed by atoms with Crippen LogP contribution in [-0.4, -0.2) is 58.2 Å². The summed E-state index contributed by atoms with van der Waals surface area (Å²) in [5.74, 6) is 0.288. The molecule has 9 heteroatoms. The minimum Gasteiger partial charge on any atom is -0.381 e. The number of halogens is 2. The van der Waals surface area contributed by atoms with Crippen LogP contribution in [0, 0.1) is 5.82 Å². The molecule has 1 heterocycles. The van der Waals surface area contributed by atoms with Crippen LogP contribution in [-0.2, 0) is 20.0 Å². The van der Waals surface area contributed by atoms with E-state index in [0.717, 1.165) is 5.56 Å². The molecule has 166 valence electrons. The van der Waals surface area contributed by atoms with Crippen molar-refractivity contribution < 1.29 is 17.5 Å². The van der Waals surface area contributed by atoms with Crippen molar-refractivity contribution in [3.8, 4) is 0 Å². The molecule has 1 aromatic rings. The maximum Gasteiger partial charge on any atom is 0.191 e. The number of nitrogens with zero attached hydrogens (tertiary/aromatic N) is 1. The number of rotatable bonds is 7. The van der Waals surface area contributed by atoms with Gasteiger partial charge in [-0.05, 0) is 37.5 Å². The van der Waals surface area contributed by atoms with Crippen molar-refractivity contribution in [2.24, 2.45) is 4.99 Å². The first kappa shape index (κ1) is 26.1. The van der Waals surface area contributed by atoms with Crippen molar-refractivity contribution in [2.75, 3.05) is 39.1 Å². The molecule has 0 radical (unpaired) electrons. The van der Waals surface area contributed by atoms with E-state index in [9.17, 15) is 12.8 Å². The van der Waals surface area contributed by atoms with E-state index < -0.39 is 14.6 Å². The number of ether oxygens (including phenoxy) is 1. The highest BCUT2D eigenvalue weighted by atomic mass is 127. The van der Waals surface area contributed by atoms with E-state index in [1.165, 1.54) is 18.4 Å². The lowest BCUT2D eigenvalue weighted by Crippen LogP contribution is -2.53. The van der Waals surface area contributed by atoms with Crippen LogP contribution in [0.4, 0.5) is 4.39 Å². The standard InChI is InChI=1S/C20H32FN3O3S.HI/c1-5-22-18(23-14-19(2,3)16-7-6-8-17(21)13-16)24-15-20(28(4,25)26)9-11-27-12-10-20;/h6-8,13H,5,9-12,14-15H2,1-4H3,(H2,22,23,24);1H. The smallest absolute Gasteiger partial charge is 0.191 e. The molecule has 1 aromatic carbocycles. The Bertz CT molecular complexity index is 794. The number of hydrogen-bond acceptors (Lipinski definition) is 4. The molecule has 0 aliphatic carbocycles. The molecule has 0 amide bonds. The number of sulfone groups is 1. The fourth-order valence-electron chi connectivity index (χ4n) is 3.29. The van der Waals surface area contributed by atoms with E-state index >= 15 is 0 Å². The largest absolute Gasteiger partial charge is 0.381 e. The average molecular weight is 541 g/mol. The molecule has 0 unspecified atom stereocenters. The molecule has 0 aromatic heterocycles. The Balaban J connectivity index is 0.00000420. The minimum atomic E-state index is -3.26. The zero-order chi connectivity index (χ0) is 20.8. The molecule has 0 saturated carbocycles. The van der Waals surface area contributed by atoms with Crippen LogP contribution in [0.15, 0.2) is 29.3 Å². The van der Waals surface area contributed by atoms with Gasteiger partial charge >= 0.3 is 0 Å². The van der Waals surface area contributed by atoms with Crippen molar-refractivity contribution in [1.29, 1.82) is 0 Å². The fourth-order valence-corrected chi connectivity index (χ4v) is 4.53. The van der Waals surface area contributed by atoms with Gasteiger partial charge in [0.05, 0.1) is 11.3 Å². The highest BCUT2D eigenvalue weighted by Crippen LogP contribution is 2.28. The lowest BCUT2D eigenvalue weighted by molar-refractivity contribution is 0.0756. The second-order valence-electron chi connectivity index (χ2n) is 8.01. The third-order valence-corrected chi connectivity index (χ3v) is 7.48. The van der Waals surface area contributed by atoms with Crippen LogP contribution in [0.5, 0.6) is 0 Å². The predicted octanol–water partition coefficient (Wildman–Crippen LogP) is 2.87. The van der Waals surface area contributed by atoms with Gasteiger partial charge in [0, 0.05) is 38.0 Å². The van der Waals surface area contributed by atoms with Crippen LogP contribution in [0.1, 0.15) is 39.2 Å². The van der Waals surface area contributed by atoms with E-state index in [1.54, 1.807) is 6.07 Å². The van der Waals surface area contributed by atoms with Gasteiger partial charge in [0.25, 0.3) is 0 Å². The summed E-state index contributed by atoms with van der Waals surface area (Å²) in [5.41, 5.74) is 0.501. The van der Waals surface area contributed by atoms with Gasteiger partial charge in [0.15, 0.2) is 15.8 Å². The number of guanidine groups is 1. The Hall–Kier alpha value is -0.940. The lowest BCUT2D eigenvalue weighted by atomic mass is 9.85. The molecule has 29 heavy (non-hydrogen) atoms. The SMILES string of the molecule is CCNC(=NCC(C)(C)c1cccc(F)c1)NCC1(S(C)(=O)=O)CCOCC1.I. The Kier molecular flexibility index (Phi) is 9.81. The number of hydrogen-bond donors (Lipinski definition) is 2. The van der Waals surface area contributed by atoms with Crippen molar-refractivity contribution in [2.45, 2.75) is 43.8 Å². The first-order valence-corrected chi connectivity index (χ1v) is 11.5. The third kappa shape index (κ3) is 7.06. The Morgan fingerprint density at radius 2 is 1.93 bits per heavy atom. The molecule has 2 rings (SSSR count). The molecule has 0 bridgehead atoms. The second-order valence-corrected chi connectivity index (χ2v) is 10.4. The summed E-state index contributed by atoms with van der Waals surface area (Å²) in [5, 5.41) is 6.37. The normalized spacial score (nSPS) is 17.3. The summed E-state index contributed by atoms with van der Waals surface area (Å²) in [6.07, 6.45) is 2.22. The molecule has 0 spiro atoms. The van der Waals surface area contributed by atoms with Crippen LogP contribution in [0.3, 0.4) is 0 Å². The summed E-state index contributed by atoms with van der Waals surface area (Å²) in [7, 11) is -3.26. The number of benzene rings is 1. The van der Waals surface area contributed by atoms with Gasteiger partial charge in [-0.15, -0.1) is 24.0 Å². The van der Waals surface area contributed by atoms with Gasteiger partial charge in [0.2, 0.25) is 0 Å². The van der Waals surface area contributed by atoms with Gasteiger partial charge in [-0.25, -0.2) is 12.8 Å². The molecule has 0 atom stereocenters. The molecule has 1 aliphatic rings. The van der Waals surface area contributed by atoms with Gasteiger partial charge in [0.1, 0.15) is 5.82 Å². The van der Waals surface area contributed by atoms with Crippen LogP contribution in [0.2, 0.25) is 0 Å². The van der Waals surface area contributed by atoms with Crippen molar-refractivity contribution in [3.63, 3.8) is 0 Å². The van der Waals surface area contributed by atoms with Gasteiger partial charge in [-0.3, -0.25) is 4.99 Å². The molecule has 1 fully saturated rings. The molecule has 1 saturated heterocycles.